The van der Waals surface area contributed by atoms with Gasteiger partial charge in [0.05, 0.1) is 10.6 Å². The molecule has 1 saturated heterocycles. The van der Waals surface area contributed by atoms with Crippen molar-refractivity contribution in [3.8, 4) is 0 Å². The Kier molecular flexibility index (Phi) is 4.66. The van der Waals surface area contributed by atoms with Gasteiger partial charge >= 0.3 is 0 Å². The monoisotopic (exact) mass is 364 g/mol. The van der Waals surface area contributed by atoms with Crippen molar-refractivity contribution in [3.05, 3.63) is 64.4 Å². The Morgan fingerprint density at radius 3 is 3.00 bits per heavy atom. The van der Waals surface area contributed by atoms with E-state index in [-0.39, 0.29) is 0 Å². The molecule has 0 radical (unpaired) electrons. The normalized spacial score (nSPS) is 20.7. The molecule has 1 aromatic carbocycles. The SMILES string of the molecule is C=C(C1=CCN2CCCC2C1)c1cc(N=C(N)c2cccs2)ccc1N. The molecule has 26 heavy (non-hydrogen) atoms. The molecule has 4 N–H and O–H groups in total. The largest absolute Gasteiger partial charge is 0.398 e. The van der Waals surface area contributed by atoms with Crippen LogP contribution in [0.5, 0.6) is 0 Å². The fourth-order valence-corrected chi connectivity index (χ4v) is 4.47. The van der Waals surface area contributed by atoms with Gasteiger partial charge in [0, 0.05) is 23.8 Å². The molecule has 0 aliphatic carbocycles. The van der Waals surface area contributed by atoms with Crippen LogP contribution >= 0.6 is 11.3 Å². The predicted octanol–water partition coefficient (Wildman–Crippen LogP) is 4.18. The van der Waals surface area contributed by atoms with Crippen molar-refractivity contribution in [2.75, 3.05) is 18.8 Å². The number of thiophene rings is 1. The third-order valence-electron chi connectivity index (χ3n) is 5.30. The standard InChI is InChI=1S/C21H24N4S/c1-14(15-8-10-25-9-2-4-17(25)12-15)18-13-16(6-7-19(18)22)24-21(23)20-5-3-11-26-20/h3,5-8,11,13,17H,1-2,4,9-10,12,22H2,(H2,23,24). The van der Waals surface area contributed by atoms with E-state index in [9.17, 15) is 0 Å². The number of fused-ring (bicyclic) bond motifs is 1. The van der Waals surface area contributed by atoms with Gasteiger partial charge in [-0.25, -0.2) is 4.99 Å². The Hall–Kier alpha value is -2.37. The zero-order chi connectivity index (χ0) is 18.1. The second-order valence-electron chi connectivity index (χ2n) is 6.95. The first-order valence-corrected chi connectivity index (χ1v) is 9.90. The molecular weight excluding hydrogens is 340 g/mol. The number of nitrogen functional groups attached to an aromatic ring is 1. The highest BCUT2D eigenvalue weighted by Gasteiger charge is 2.28. The molecule has 134 valence electrons. The van der Waals surface area contributed by atoms with Crippen molar-refractivity contribution in [2.24, 2.45) is 10.7 Å². The average molecular weight is 365 g/mol. The van der Waals surface area contributed by atoms with Crippen LogP contribution in [-0.4, -0.2) is 29.9 Å². The molecule has 0 saturated carbocycles. The molecule has 1 atom stereocenters. The zero-order valence-corrected chi connectivity index (χ0v) is 15.6. The fraction of sp³-hybridized carbons (Fsp3) is 0.286. The van der Waals surface area contributed by atoms with Crippen molar-refractivity contribution >= 4 is 34.1 Å². The summed E-state index contributed by atoms with van der Waals surface area (Å²) in [6, 6.07) is 10.4. The molecule has 0 bridgehead atoms. The molecule has 3 heterocycles. The van der Waals surface area contributed by atoms with Crippen molar-refractivity contribution in [3.63, 3.8) is 0 Å². The Morgan fingerprint density at radius 1 is 1.31 bits per heavy atom. The molecule has 5 heteroatoms. The number of hydrogen-bond donors (Lipinski definition) is 2. The lowest BCUT2D eigenvalue weighted by Crippen LogP contribution is -2.33. The van der Waals surface area contributed by atoms with Gasteiger partial charge in [0.2, 0.25) is 0 Å². The summed E-state index contributed by atoms with van der Waals surface area (Å²) in [5.74, 6) is 0.528. The van der Waals surface area contributed by atoms with Crippen LogP contribution in [0.4, 0.5) is 11.4 Å². The molecule has 1 aromatic heterocycles. The van der Waals surface area contributed by atoms with E-state index in [1.54, 1.807) is 11.3 Å². The number of anilines is 1. The van der Waals surface area contributed by atoms with Gasteiger partial charge in [0.1, 0.15) is 5.84 Å². The number of nitrogens with zero attached hydrogens (tertiary/aromatic N) is 2. The lowest BCUT2D eigenvalue weighted by molar-refractivity contribution is 0.268. The number of aliphatic imine (C=N–C) groups is 1. The van der Waals surface area contributed by atoms with E-state index in [1.807, 2.05) is 35.7 Å². The van der Waals surface area contributed by atoms with Crippen LogP contribution in [0, 0.1) is 0 Å². The van der Waals surface area contributed by atoms with E-state index in [0.29, 0.717) is 11.9 Å². The third kappa shape index (κ3) is 3.32. The van der Waals surface area contributed by atoms with Crippen molar-refractivity contribution in [2.45, 2.75) is 25.3 Å². The summed E-state index contributed by atoms with van der Waals surface area (Å²) in [5, 5.41) is 2.00. The van der Waals surface area contributed by atoms with Gasteiger partial charge in [0.15, 0.2) is 0 Å². The Morgan fingerprint density at radius 2 is 2.19 bits per heavy atom. The van der Waals surface area contributed by atoms with E-state index in [2.05, 4.69) is 22.5 Å². The van der Waals surface area contributed by atoms with Gasteiger partial charge in [0.25, 0.3) is 0 Å². The molecule has 0 spiro atoms. The summed E-state index contributed by atoms with van der Waals surface area (Å²) in [7, 11) is 0. The van der Waals surface area contributed by atoms with Crippen molar-refractivity contribution in [1.29, 1.82) is 0 Å². The summed E-state index contributed by atoms with van der Waals surface area (Å²) < 4.78 is 0. The highest BCUT2D eigenvalue weighted by atomic mass is 32.1. The van der Waals surface area contributed by atoms with Crippen LogP contribution in [0.15, 0.2) is 58.9 Å². The maximum Gasteiger partial charge on any atom is 0.141 e. The first-order chi connectivity index (χ1) is 12.6. The number of rotatable bonds is 4. The van der Waals surface area contributed by atoms with Crippen LogP contribution in [-0.2, 0) is 0 Å². The van der Waals surface area contributed by atoms with E-state index in [0.717, 1.165) is 40.4 Å². The van der Waals surface area contributed by atoms with Gasteiger partial charge in [-0.2, -0.15) is 0 Å². The third-order valence-corrected chi connectivity index (χ3v) is 6.19. The fourth-order valence-electron chi connectivity index (χ4n) is 3.84. The van der Waals surface area contributed by atoms with E-state index in [1.165, 1.54) is 25.0 Å². The van der Waals surface area contributed by atoms with E-state index >= 15 is 0 Å². The minimum atomic E-state index is 0.528. The minimum Gasteiger partial charge on any atom is -0.398 e. The molecule has 2 aliphatic heterocycles. The minimum absolute atomic E-state index is 0.528. The van der Waals surface area contributed by atoms with E-state index in [4.69, 9.17) is 11.5 Å². The second-order valence-corrected chi connectivity index (χ2v) is 7.90. The predicted molar refractivity (Wildman–Crippen MR) is 112 cm³/mol. The molecule has 4 nitrogen and oxygen atoms in total. The molecule has 2 aliphatic rings. The van der Waals surface area contributed by atoms with Crippen LogP contribution in [0.1, 0.15) is 29.7 Å². The summed E-state index contributed by atoms with van der Waals surface area (Å²) >= 11 is 1.58. The lowest BCUT2D eigenvalue weighted by Gasteiger charge is -2.30. The van der Waals surface area contributed by atoms with Gasteiger partial charge in [-0.1, -0.05) is 18.7 Å². The summed E-state index contributed by atoms with van der Waals surface area (Å²) in [6.07, 6.45) is 5.94. The molecule has 0 amide bonds. The molecular formula is C21H24N4S. The average Bonchev–Trinajstić information content (AvgIpc) is 3.33. The highest BCUT2D eigenvalue weighted by Crippen LogP contribution is 2.36. The maximum atomic E-state index is 6.25. The number of amidine groups is 1. The van der Waals surface area contributed by atoms with Crippen LogP contribution < -0.4 is 11.5 Å². The summed E-state index contributed by atoms with van der Waals surface area (Å²) in [5.41, 5.74) is 17.2. The summed E-state index contributed by atoms with van der Waals surface area (Å²) in [6.45, 7) is 6.58. The molecule has 2 aromatic rings. The topological polar surface area (TPSA) is 67.6 Å². The smallest absolute Gasteiger partial charge is 0.141 e. The lowest BCUT2D eigenvalue weighted by atomic mass is 9.90. The Bertz CT molecular complexity index is 879. The number of benzene rings is 1. The molecule has 1 unspecified atom stereocenters. The Labute approximate surface area is 158 Å². The second kappa shape index (κ2) is 7.09. The van der Waals surface area contributed by atoms with Crippen molar-refractivity contribution < 1.29 is 0 Å². The summed E-state index contributed by atoms with van der Waals surface area (Å²) in [4.78, 5) is 8.09. The van der Waals surface area contributed by atoms with Gasteiger partial charge in [-0.3, -0.25) is 4.90 Å². The number of nitrogens with two attached hydrogens (primary N) is 2. The number of hydrogen-bond acceptors (Lipinski definition) is 4. The Balaban J connectivity index is 1.60. The van der Waals surface area contributed by atoms with Crippen LogP contribution in [0.3, 0.4) is 0 Å². The highest BCUT2D eigenvalue weighted by molar-refractivity contribution is 7.12. The zero-order valence-electron chi connectivity index (χ0n) is 14.8. The van der Waals surface area contributed by atoms with Crippen LogP contribution in [0.2, 0.25) is 0 Å². The number of allylic oxidation sites excluding steroid dienone is 1. The van der Waals surface area contributed by atoms with E-state index < -0.39 is 0 Å². The van der Waals surface area contributed by atoms with Gasteiger partial charge in [-0.05, 0) is 66.6 Å². The quantitative estimate of drug-likeness (QED) is 0.486. The molecule has 4 rings (SSSR count). The van der Waals surface area contributed by atoms with Crippen molar-refractivity contribution in [1.82, 2.24) is 4.90 Å². The first-order valence-electron chi connectivity index (χ1n) is 9.02. The van der Waals surface area contributed by atoms with Gasteiger partial charge < -0.3 is 11.5 Å². The van der Waals surface area contributed by atoms with Crippen LogP contribution in [0.25, 0.3) is 5.57 Å². The maximum absolute atomic E-state index is 6.25. The first kappa shape index (κ1) is 17.1. The van der Waals surface area contributed by atoms with Gasteiger partial charge in [-0.15, -0.1) is 11.3 Å². The molecule has 1 fully saturated rings.